The average Bonchev–Trinajstić information content (AvgIpc) is 2.70. The second-order valence-corrected chi connectivity index (χ2v) is 5.27. The van der Waals surface area contributed by atoms with Crippen LogP contribution in [0.1, 0.15) is 15.9 Å². The van der Waals surface area contributed by atoms with Crippen molar-refractivity contribution in [2.24, 2.45) is 0 Å². The molecule has 0 radical (unpaired) electrons. The summed E-state index contributed by atoms with van der Waals surface area (Å²) in [5.41, 5.74) is 1.28. The standard InChI is InChI=1S/C19H21NO6/c1-23-15-7-4-13(5-8-15)11-20-18(21)12-26-16-9-6-14(19(22)25-3)10-17(16)24-2/h4-10H,11-12H2,1-3H3,(H,20,21). The largest absolute Gasteiger partial charge is 0.497 e. The van der Waals surface area contributed by atoms with Gasteiger partial charge in [0.05, 0.1) is 26.9 Å². The maximum Gasteiger partial charge on any atom is 0.337 e. The molecule has 0 saturated heterocycles. The Morgan fingerprint density at radius 2 is 1.65 bits per heavy atom. The number of benzene rings is 2. The molecule has 1 amide bonds. The zero-order valence-corrected chi connectivity index (χ0v) is 14.9. The van der Waals surface area contributed by atoms with Gasteiger partial charge in [-0.15, -0.1) is 0 Å². The molecule has 0 bridgehead atoms. The van der Waals surface area contributed by atoms with E-state index in [2.05, 4.69) is 10.1 Å². The molecule has 0 aliphatic carbocycles. The highest BCUT2D eigenvalue weighted by atomic mass is 16.5. The van der Waals surface area contributed by atoms with Crippen LogP contribution in [0.15, 0.2) is 42.5 Å². The van der Waals surface area contributed by atoms with Gasteiger partial charge >= 0.3 is 5.97 Å². The quantitative estimate of drug-likeness (QED) is 0.728. The van der Waals surface area contributed by atoms with Gasteiger partial charge in [-0.25, -0.2) is 4.79 Å². The van der Waals surface area contributed by atoms with E-state index in [-0.39, 0.29) is 12.5 Å². The molecule has 0 spiro atoms. The summed E-state index contributed by atoms with van der Waals surface area (Å²) in [5, 5.41) is 2.76. The van der Waals surface area contributed by atoms with Crippen LogP contribution in [0, 0.1) is 0 Å². The van der Waals surface area contributed by atoms with Gasteiger partial charge in [-0.2, -0.15) is 0 Å². The fourth-order valence-electron chi connectivity index (χ4n) is 2.17. The van der Waals surface area contributed by atoms with Gasteiger partial charge in [0.25, 0.3) is 5.91 Å². The van der Waals surface area contributed by atoms with Gasteiger partial charge in [0.2, 0.25) is 0 Å². The minimum absolute atomic E-state index is 0.177. The molecule has 2 rings (SSSR count). The number of amides is 1. The van der Waals surface area contributed by atoms with Crippen molar-refractivity contribution >= 4 is 11.9 Å². The molecule has 0 atom stereocenters. The predicted molar refractivity (Wildman–Crippen MR) is 94.7 cm³/mol. The lowest BCUT2D eigenvalue weighted by molar-refractivity contribution is -0.123. The third kappa shape index (κ3) is 5.14. The fraction of sp³-hybridized carbons (Fsp3) is 0.263. The van der Waals surface area contributed by atoms with Crippen molar-refractivity contribution in [1.82, 2.24) is 5.32 Å². The minimum atomic E-state index is -0.480. The second-order valence-electron chi connectivity index (χ2n) is 5.27. The van der Waals surface area contributed by atoms with E-state index in [1.165, 1.54) is 20.3 Å². The fourth-order valence-corrected chi connectivity index (χ4v) is 2.17. The molecule has 26 heavy (non-hydrogen) atoms. The van der Waals surface area contributed by atoms with Crippen LogP contribution in [0.3, 0.4) is 0 Å². The van der Waals surface area contributed by atoms with Crippen molar-refractivity contribution in [3.05, 3.63) is 53.6 Å². The molecule has 0 aromatic heterocycles. The Morgan fingerprint density at radius 1 is 0.923 bits per heavy atom. The Labute approximate surface area is 151 Å². The van der Waals surface area contributed by atoms with E-state index >= 15 is 0 Å². The summed E-state index contributed by atoms with van der Waals surface area (Å²) in [5.74, 6) is 0.702. The van der Waals surface area contributed by atoms with Crippen LogP contribution in [-0.2, 0) is 16.1 Å². The molecule has 0 aliphatic rings. The third-order valence-corrected chi connectivity index (χ3v) is 3.59. The maximum atomic E-state index is 12.0. The summed E-state index contributed by atoms with van der Waals surface area (Å²) in [7, 11) is 4.35. The van der Waals surface area contributed by atoms with Gasteiger partial charge in [-0.3, -0.25) is 4.79 Å². The number of carbonyl (C=O) groups excluding carboxylic acids is 2. The van der Waals surface area contributed by atoms with Crippen LogP contribution >= 0.6 is 0 Å². The first kappa shape index (κ1) is 19.1. The van der Waals surface area contributed by atoms with E-state index in [0.717, 1.165) is 11.3 Å². The molecule has 138 valence electrons. The molecular formula is C19H21NO6. The van der Waals surface area contributed by atoms with Crippen molar-refractivity contribution in [1.29, 1.82) is 0 Å². The zero-order valence-electron chi connectivity index (χ0n) is 14.9. The smallest absolute Gasteiger partial charge is 0.337 e. The molecule has 0 aliphatic heterocycles. The van der Waals surface area contributed by atoms with Gasteiger partial charge in [0.1, 0.15) is 5.75 Å². The van der Waals surface area contributed by atoms with Crippen molar-refractivity contribution in [2.75, 3.05) is 27.9 Å². The molecule has 7 nitrogen and oxygen atoms in total. The van der Waals surface area contributed by atoms with Crippen LogP contribution in [-0.4, -0.2) is 39.8 Å². The molecule has 2 aromatic carbocycles. The number of hydrogen-bond acceptors (Lipinski definition) is 6. The Hall–Kier alpha value is -3.22. The van der Waals surface area contributed by atoms with Gasteiger partial charge < -0.3 is 24.3 Å². The Balaban J connectivity index is 1.88. The van der Waals surface area contributed by atoms with Crippen molar-refractivity contribution in [3.63, 3.8) is 0 Å². The number of hydrogen-bond donors (Lipinski definition) is 1. The van der Waals surface area contributed by atoms with Gasteiger partial charge in [0, 0.05) is 6.54 Å². The Bertz CT molecular complexity index is 757. The maximum absolute atomic E-state index is 12.0. The summed E-state index contributed by atoms with van der Waals surface area (Å²) in [6.45, 7) is 0.203. The SMILES string of the molecule is COC(=O)c1ccc(OCC(=O)NCc2ccc(OC)cc2)c(OC)c1. The highest BCUT2D eigenvalue weighted by Crippen LogP contribution is 2.28. The minimum Gasteiger partial charge on any atom is -0.497 e. The lowest BCUT2D eigenvalue weighted by Crippen LogP contribution is -2.28. The van der Waals surface area contributed by atoms with E-state index in [4.69, 9.17) is 14.2 Å². The normalized spacial score (nSPS) is 9.96. The second kappa shape index (κ2) is 9.31. The van der Waals surface area contributed by atoms with Crippen molar-refractivity contribution in [2.45, 2.75) is 6.54 Å². The number of nitrogens with one attached hydrogen (secondary N) is 1. The lowest BCUT2D eigenvalue weighted by Gasteiger charge is -2.12. The average molecular weight is 359 g/mol. The molecule has 1 N–H and O–H groups in total. The van der Waals surface area contributed by atoms with Crippen LogP contribution < -0.4 is 19.5 Å². The number of methoxy groups -OCH3 is 3. The first-order chi connectivity index (χ1) is 12.6. The zero-order chi connectivity index (χ0) is 18.9. The molecule has 7 heteroatoms. The van der Waals surface area contributed by atoms with E-state index in [9.17, 15) is 9.59 Å². The van der Waals surface area contributed by atoms with E-state index in [1.807, 2.05) is 24.3 Å². The van der Waals surface area contributed by atoms with Crippen LogP contribution in [0.2, 0.25) is 0 Å². The molecule has 0 unspecified atom stereocenters. The summed E-state index contributed by atoms with van der Waals surface area (Å²) < 4.78 is 20.4. The summed E-state index contributed by atoms with van der Waals surface area (Å²) in [6, 6.07) is 12.0. The van der Waals surface area contributed by atoms with E-state index < -0.39 is 5.97 Å². The van der Waals surface area contributed by atoms with Crippen molar-refractivity contribution < 1.29 is 28.5 Å². The topological polar surface area (TPSA) is 83.1 Å². The van der Waals surface area contributed by atoms with Crippen molar-refractivity contribution in [3.8, 4) is 17.2 Å². The Morgan fingerprint density at radius 3 is 2.27 bits per heavy atom. The number of carbonyl (C=O) groups is 2. The van der Waals surface area contributed by atoms with Crippen LogP contribution in [0.25, 0.3) is 0 Å². The first-order valence-electron chi connectivity index (χ1n) is 7.86. The first-order valence-corrected chi connectivity index (χ1v) is 7.86. The van der Waals surface area contributed by atoms with E-state index in [1.54, 1.807) is 19.2 Å². The number of esters is 1. The van der Waals surface area contributed by atoms with Crippen LogP contribution in [0.5, 0.6) is 17.2 Å². The van der Waals surface area contributed by atoms with Gasteiger partial charge in [-0.05, 0) is 35.9 Å². The number of ether oxygens (including phenoxy) is 4. The third-order valence-electron chi connectivity index (χ3n) is 3.59. The molecule has 0 heterocycles. The molecular weight excluding hydrogens is 338 g/mol. The van der Waals surface area contributed by atoms with E-state index in [0.29, 0.717) is 23.6 Å². The summed E-state index contributed by atoms with van der Waals surface area (Å²) >= 11 is 0. The Kier molecular flexibility index (Phi) is 6.84. The molecule has 0 saturated carbocycles. The predicted octanol–water partition coefficient (Wildman–Crippen LogP) is 2.19. The highest BCUT2D eigenvalue weighted by molar-refractivity contribution is 5.90. The van der Waals surface area contributed by atoms with Crippen LogP contribution in [0.4, 0.5) is 0 Å². The summed E-state index contributed by atoms with van der Waals surface area (Å²) in [4.78, 5) is 23.5. The number of rotatable bonds is 8. The lowest BCUT2D eigenvalue weighted by atomic mass is 10.2. The molecule has 0 fully saturated rings. The van der Waals surface area contributed by atoms with Gasteiger partial charge in [-0.1, -0.05) is 12.1 Å². The van der Waals surface area contributed by atoms with Gasteiger partial charge in [0.15, 0.2) is 18.1 Å². The summed E-state index contributed by atoms with van der Waals surface area (Å²) in [6.07, 6.45) is 0. The highest BCUT2D eigenvalue weighted by Gasteiger charge is 2.12. The monoisotopic (exact) mass is 359 g/mol. The molecule has 2 aromatic rings.